The predicted molar refractivity (Wildman–Crippen MR) is 63.8 cm³/mol. The third-order valence-electron chi connectivity index (χ3n) is 2.18. The number of allylic oxidation sites excluding steroid dienone is 1. The average Bonchev–Trinajstić information content (AvgIpc) is 2.25. The van der Waals surface area contributed by atoms with E-state index in [4.69, 9.17) is 4.74 Å². The largest absolute Gasteiger partial charge is 0.463 e. The van der Waals surface area contributed by atoms with Crippen LogP contribution in [0.4, 0.5) is 0 Å². The molecule has 0 aromatic carbocycles. The molecule has 0 fully saturated rings. The van der Waals surface area contributed by atoms with Crippen LogP contribution >= 0.6 is 0 Å². The monoisotopic (exact) mass is 212 g/mol. The molecule has 0 aliphatic carbocycles. The van der Waals surface area contributed by atoms with Gasteiger partial charge >= 0.3 is 5.97 Å². The van der Waals surface area contributed by atoms with Crippen LogP contribution < -0.4 is 0 Å². The van der Waals surface area contributed by atoms with Crippen molar-refractivity contribution in [1.29, 1.82) is 0 Å². The van der Waals surface area contributed by atoms with E-state index < -0.39 is 0 Å². The Hall–Kier alpha value is -0.790. The lowest BCUT2D eigenvalue weighted by atomic mass is 10.1. The summed E-state index contributed by atoms with van der Waals surface area (Å²) in [6.07, 6.45) is 11.7. The van der Waals surface area contributed by atoms with Crippen LogP contribution in [0.15, 0.2) is 12.2 Å². The summed E-state index contributed by atoms with van der Waals surface area (Å²) in [6.45, 7) is 4.73. The van der Waals surface area contributed by atoms with Gasteiger partial charge in [0.05, 0.1) is 6.61 Å². The van der Waals surface area contributed by atoms with Gasteiger partial charge in [-0.1, -0.05) is 45.6 Å². The number of unbranched alkanes of at least 4 members (excludes halogenated alkanes) is 5. The Morgan fingerprint density at radius 2 is 1.80 bits per heavy atom. The van der Waals surface area contributed by atoms with Crippen molar-refractivity contribution >= 4 is 5.97 Å². The van der Waals surface area contributed by atoms with E-state index in [2.05, 4.69) is 6.92 Å². The minimum absolute atomic E-state index is 0.203. The first-order valence-corrected chi connectivity index (χ1v) is 6.14. The molecule has 0 radical (unpaired) electrons. The maximum absolute atomic E-state index is 11.0. The van der Waals surface area contributed by atoms with Crippen LogP contribution in [0, 0.1) is 0 Å². The van der Waals surface area contributed by atoms with Crippen molar-refractivity contribution in [3.63, 3.8) is 0 Å². The van der Waals surface area contributed by atoms with Crippen molar-refractivity contribution in [1.82, 2.24) is 0 Å². The van der Waals surface area contributed by atoms with Gasteiger partial charge in [-0.3, -0.25) is 0 Å². The summed E-state index contributed by atoms with van der Waals surface area (Å²) in [4.78, 5) is 11.0. The molecule has 0 aliphatic heterocycles. The van der Waals surface area contributed by atoms with Gasteiger partial charge in [-0.2, -0.15) is 0 Å². The fraction of sp³-hybridized carbons (Fsp3) is 0.769. The predicted octanol–water partition coefficient (Wildman–Crippen LogP) is 3.86. The van der Waals surface area contributed by atoms with Crippen molar-refractivity contribution in [3.8, 4) is 0 Å². The molecule has 0 aromatic rings. The van der Waals surface area contributed by atoms with Crippen molar-refractivity contribution in [2.24, 2.45) is 0 Å². The third-order valence-corrected chi connectivity index (χ3v) is 2.18. The van der Waals surface area contributed by atoms with Crippen molar-refractivity contribution in [2.75, 3.05) is 6.61 Å². The van der Waals surface area contributed by atoms with Gasteiger partial charge in [-0.05, 0) is 19.3 Å². The molecule has 0 atom stereocenters. The molecule has 0 heterocycles. The maximum Gasteiger partial charge on any atom is 0.330 e. The van der Waals surface area contributed by atoms with Gasteiger partial charge in [0.2, 0.25) is 0 Å². The zero-order chi connectivity index (χ0) is 11.4. The van der Waals surface area contributed by atoms with E-state index in [0.717, 1.165) is 12.8 Å². The molecular weight excluding hydrogens is 188 g/mol. The molecule has 0 saturated carbocycles. The summed E-state index contributed by atoms with van der Waals surface area (Å²) < 4.78 is 4.91. The molecule has 88 valence electrons. The number of hydrogen-bond donors (Lipinski definition) is 0. The second-order valence-electron chi connectivity index (χ2n) is 3.77. The summed E-state index contributed by atoms with van der Waals surface area (Å²) in [7, 11) is 0. The van der Waals surface area contributed by atoms with Crippen LogP contribution in [-0.4, -0.2) is 12.6 Å². The Morgan fingerprint density at radius 1 is 1.07 bits per heavy atom. The average molecular weight is 212 g/mol. The molecule has 0 aliphatic rings. The molecule has 0 spiro atoms. The molecule has 0 rings (SSSR count). The number of esters is 1. The normalized spacial score (nSPS) is 10.8. The fourth-order valence-electron chi connectivity index (χ4n) is 1.30. The summed E-state index contributed by atoms with van der Waals surface area (Å²) >= 11 is 0. The van der Waals surface area contributed by atoms with Gasteiger partial charge < -0.3 is 4.74 Å². The van der Waals surface area contributed by atoms with Crippen molar-refractivity contribution < 1.29 is 9.53 Å². The zero-order valence-electron chi connectivity index (χ0n) is 10.1. The van der Waals surface area contributed by atoms with Gasteiger partial charge in [-0.25, -0.2) is 4.79 Å². The summed E-state index contributed by atoms with van der Waals surface area (Å²) in [5.74, 6) is -0.203. The van der Waals surface area contributed by atoms with Crippen LogP contribution in [0.1, 0.15) is 58.8 Å². The van der Waals surface area contributed by atoms with Crippen molar-refractivity contribution in [3.05, 3.63) is 12.2 Å². The summed E-state index contributed by atoms with van der Waals surface area (Å²) in [6, 6.07) is 0. The minimum Gasteiger partial charge on any atom is -0.463 e. The highest BCUT2D eigenvalue weighted by Gasteiger charge is 1.93. The molecule has 0 bridgehead atoms. The first kappa shape index (κ1) is 14.2. The lowest BCUT2D eigenvalue weighted by Crippen LogP contribution is -2.00. The number of carbonyl (C=O) groups excluding carboxylic acids is 1. The fourth-order valence-corrected chi connectivity index (χ4v) is 1.30. The lowest BCUT2D eigenvalue weighted by molar-refractivity contribution is -0.137. The highest BCUT2D eigenvalue weighted by molar-refractivity contribution is 5.81. The molecule has 0 amide bonds. The van der Waals surface area contributed by atoms with Crippen LogP contribution in [0.5, 0.6) is 0 Å². The van der Waals surface area contributed by atoms with Gasteiger partial charge in [0, 0.05) is 6.08 Å². The van der Waals surface area contributed by atoms with E-state index in [0.29, 0.717) is 6.61 Å². The van der Waals surface area contributed by atoms with E-state index in [9.17, 15) is 4.79 Å². The highest BCUT2D eigenvalue weighted by atomic mass is 16.5. The number of hydrogen-bond acceptors (Lipinski definition) is 2. The summed E-state index contributed by atoms with van der Waals surface area (Å²) in [5.41, 5.74) is 0. The molecule has 0 unspecified atom stereocenters. The SMILES string of the molecule is CCCCCCCC=CC(=O)OCCC. The third kappa shape index (κ3) is 11.1. The Balaban J connectivity index is 3.26. The van der Waals surface area contributed by atoms with E-state index in [1.807, 2.05) is 13.0 Å². The van der Waals surface area contributed by atoms with Gasteiger partial charge in [0.15, 0.2) is 0 Å². The van der Waals surface area contributed by atoms with E-state index in [-0.39, 0.29) is 5.97 Å². The Morgan fingerprint density at radius 3 is 2.47 bits per heavy atom. The Bertz CT molecular complexity index is 173. The molecule has 2 heteroatoms. The van der Waals surface area contributed by atoms with Crippen LogP contribution in [0.2, 0.25) is 0 Å². The summed E-state index contributed by atoms with van der Waals surface area (Å²) in [5, 5.41) is 0. The smallest absolute Gasteiger partial charge is 0.330 e. The van der Waals surface area contributed by atoms with E-state index >= 15 is 0 Å². The number of ether oxygens (including phenoxy) is 1. The van der Waals surface area contributed by atoms with Crippen LogP contribution in [0.3, 0.4) is 0 Å². The minimum atomic E-state index is -0.203. The van der Waals surface area contributed by atoms with E-state index in [1.165, 1.54) is 32.1 Å². The lowest BCUT2D eigenvalue weighted by Gasteiger charge is -1.98. The van der Waals surface area contributed by atoms with Gasteiger partial charge in [-0.15, -0.1) is 0 Å². The van der Waals surface area contributed by atoms with Gasteiger partial charge in [0.1, 0.15) is 0 Å². The quantitative estimate of drug-likeness (QED) is 0.329. The maximum atomic E-state index is 11.0. The van der Waals surface area contributed by atoms with Crippen LogP contribution in [0.25, 0.3) is 0 Å². The van der Waals surface area contributed by atoms with Gasteiger partial charge in [0.25, 0.3) is 0 Å². The van der Waals surface area contributed by atoms with E-state index in [1.54, 1.807) is 6.08 Å². The first-order valence-electron chi connectivity index (χ1n) is 6.14. The molecule has 15 heavy (non-hydrogen) atoms. The molecular formula is C13H24O2. The van der Waals surface area contributed by atoms with Crippen LogP contribution in [-0.2, 0) is 9.53 Å². The zero-order valence-corrected chi connectivity index (χ0v) is 10.1. The number of rotatable bonds is 9. The van der Waals surface area contributed by atoms with Crippen molar-refractivity contribution in [2.45, 2.75) is 58.8 Å². The Labute approximate surface area is 93.7 Å². The second kappa shape index (κ2) is 11.3. The highest BCUT2D eigenvalue weighted by Crippen LogP contribution is 2.05. The molecule has 2 nitrogen and oxygen atoms in total. The standard InChI is InChI=1S/C13H24O2/c1-3-5-6-7-8-9-10-11-13(14)15-12-4-2/h10-11H,3-9,12H2,1-2H3. The molecule has 0 saturated heterocycles. The Kier molecular flexibility index (Phi) is 10.7. The molecule has 0 N–H and O–H groups in total. The molecule has 0 aromatic heterocycles. The second-order valence-corrected chi connectivity index (χ2v) is 3.77. The number of carbonyl (C=O) groups is 1. The first-order chi connectivity index (χ1) is 7.31. The topological polar surface area (TPSA) is 26.3 Å².